The van der Waals surface area contributed by atoms with Gasteiger partial charge in [-0.05, 0) is 55.9 Å². The summed E-state index contributed by atoms with van der Waals surface area (Å²) in [5, 5.41) is 10.4. The highest BCUT2D eigenvalue weighted by molar-refractivity contribution is 5.97. The number of likely N-dealkylation sites (tertiary alicyclic amines) is 1. The number of aromatic nitrogens is 2. The van der Waals surface area contributed by atoms with Crippen LogP contribution >= 0.6 is 0 Å². The van der Waals surface area contributed by atoms with E-state index >= 15 is 0 Å². The maximum absolute atomic E-state index is 14.2. The van der Waals surface area contributed by atoms with Crippen LogP contribution in [-0.4, -0.2) is 84.3 Å². The summed E-state index contributed by atoms with van der Waals surface area (Å²) < 4.78 is 54.5. The Morgan fingerprint density at radius 3 is 2.51 bits per heavy atom. The Kier molecular flexibility index (Phi) is 9.86. The summed E-state index contributed by atoms with van der Waals surface area (Å²) in [5.74, 6) is 0.670. The number of piperazine rings is 1. The fourth-order valence-corrected chi connectivity index (χ4v) is 7.47. The fraction of sp³-hybridized carbons (Fsp3) is 0.421. The van der Waals surface area contributed by atoms with Crippen LogP contribution in [0.5, 0.6) is 6.01 Å². The predicted molar refractivity (Wildman–Crippen MR) is 186 cm³/mol. The van der Waals surface area contributed by atoms with Gasteiger partial charge in [-0.15, -0.1) is 0 Å². The molecule has 2 saturated heterocycles. The fourth-order valence-electron chi connectivity index (χ4n) is 7.47. The van der Waals surface area contributed by atoms with Gasteiger partial charge in [0.1, 0.15) is 19.0 Å². The Bertz CT molecular complexity index is 1910. The molecule has 7 rings (SSSR count). The number of fused-ring (bicyclic) bond motifs is 2. The van der Waals surface area contributed by atoms with Gasteiger partial charge in [-0.1, -0.05) is 54.6 Å². The Hall–Kier alpha value is -5.09. The number of halogens is 3. The van der Waals surface area contributed by atoms with Crippen molar-refractivity contribution in [1.82, 2.24) is 19.8 Å². The lowest BCUT2D eigenvalue weighted by Gasteiger charge is -2.42. The van der Waals surface area contributed by atoms with E-state index in [1.807, 2.05) is 35.2 Å². The highest BCUT2D eigenvalue weighted by Gasteiger charge is 2.37. The van der Waals surface area contributed by atoms with Crippen molar-refractivity contribution in [3.63, 3.8) is 0 Å². The molecular formula is C38H40F3N7O3. The molecule has 13 heteroatoms. The summed E-state index contributed by atoms with van der Waals surface area (Å²) in [6.45, 7) is 3.37. The first-order chi connectivity index (χ1) is 24.7. The van der Waals surface area contributed by atoms with Crippen molar-refractivity contribution in [3.8, 4) is 12.1 Å². The quantitative estimate of drug-likeness (QED) is 0.206. The highest BCUT2D eigenvalue weighted by Crippen LogP contribution is 2.41. The van der Waals surface area contributed by atoms with E-state index < -0.39 is 23.9 Å². The zero-order chi connectivity index (χ0) is 35.5. The van der Waals surface area contributed by atoms with E-state index in [0.29, 0.717) is 61.8 Å². The minimum Gasteiger partial charge on any atom is -0.462 e. The predicted octanol–water partition coefficient (Wildman–Crippen LogP) is 6.43. The topological polar surface area (TPSA) is 98.1 Å². The summed E-state index contributed by atoms with van der Waals surface area (Å²) in [5.41, 5.74) is 2.28. The molecule has 2 atom stereocenters. The molecule has 0 aliphatic carbocycles. The first-order valence-corrected chi connectivity index (χ1v) is 17.4. The number of carbonyl (C=O) groups is 1. The van der Waals surface area contributed by atoms with Gasteiger partial charge in [0.2, 0.25) is 0 Å². The maximum atomic E-state index is 14.2. The standard InChI is InChI=1S/C38H40F3N7O3/c1-45-18-7-12-29(45)25-50-36-43-32-23-46(33-14-6-11-27-10-5-13-31(34(27)33)38(39,40)41)19-16-30(32)35(44-36)47-20-21-48(28(22-47)15-17-42)37(49)51-24-26-8-3-2-4-9-26/h2-6,8-11,13-14,28-29H,7,12,15-16,18-25H2,1H3. The van der Waals surface area contributed by atoms with Crippen LogP contribution in [0.1, 0.15) is 41.6 Å². The second-order valence-corrected chi connectivity index (χ2v) is 13.4. The number of carbonyl (C=O) groups excluding carboxylic acids is 1. The van der Waals surface area contributed by atoms with Crippen LogP contribution < -0.4 is 14.5 Å². The average molecular weight is 700 g/mol. The van der Waals surface area contributed by atoms with Gasteiger partial charge in [0.25, 0.3) is 0 Å². The van der Waals surface area contributed by atoms with E-state index in [1.54, 1.807) is 29.2 Å². The van der Waals surface area contributed by atoms with Crippen molar-refractivity contribution in [2.75, 3.05) is 56.2 Å². The second kappa shape index (κ2) is 14.6. The third-order valence-electron chi connectivity index (χ3n) is 10.2. The van der Waals surface area contributed by atoms with Crippen LogP contribution in [-0.2, 0) is 30.5 Å². The summed E-state index contributed by atoms with van der Waals surface area (Å²) in [4.78, 5) is 30.9. The number of rotatable bonds is 8. The van der Waals surface area contributed by atoms with E-state index in [1.165, 1.54) is 6.07 Å². The van der Waals surface area contributed by atoms with E-state index in [9.17, 15) is 23.2 Å². The van der Waals surface area contributed by atoms with Crippen molar-refractivity contribution in [3.05, 3.63) is 89.1 Å². The molecule has 0 saturated carbocycles. The van der Waals surface area contributed by atoms with Crippen LogP contribution in [0.4, 0.5) is 29.5 Å². The van der Waals surface area contributed by atoms with E-state index in [-0.39, 0.29) is 37.0 Å². The number of amides is 1. The molecule has 2 unspecified atom stereocenters. The van der Waals surface area contributed by atoms with E-state index in [0.717, 1.165) is 36.6 Å². The number of nitriles is 1. The summed E-state index contributed by atoms with van der Waals surface area (Å²) in [7, 11) is 2.07. The number of hydrogen-bond donors (Lipinski definition) is 0. The molecule has 1 aromatic heterocycles. The minimum absolute atomic E-state index is 0.109. The third-order valence-corrected chi connectivity index (χ3v) is 10.2. The zero-order valence-electron chi connectivity index (χ0n) is 28.5. The first-order valence-electron chi connectivity index (χ1n) is 17.4. The van der Waals surface area contributed by atoms with Crippen molar-refractivity contribution < 1.29 is 27.4 Å². The number of likely N-dealkylation sites (N-methyl/N-ethyl adjacent to an activating group) is 1. The molecule has 0 N–H and O–H groups in total. The monoisotopic (exact) mass is 699 g/mol. The van der Waals surface area contributed by atoms with Crippen molar-refractivity contribution >= 4 is 28.4 Å². The molecule has 3 aliphatic heterocycles. The van der Waals surface area contributed by atoms with Crippen molar-refractivity contribution in [2.24, 2.45) is 0 Å². The molecule has 3 aromatic carbocycles. The summed E-state index contributed by atoms with van der Waals surface area (Å²) >= 11 is 0. The SMILES string of the molecule is CN1CCCC1COc1nc2c(c(N3CCN(C(=O)OCc4ccccc4)C(CC#N)C3)n1)CCN(c1cccc3cccc(C(F)(F)F)c13)C2. The molecule has 1 amide bonds. The van der Waals surface area contributed by atoms with Crippen LogP contribution in [0, 0.1) is 11.3 Å². The van der Waals surface area contributed by atoms with Crippen LogP contribution in [0.25, 0.3) is 10.8 Å². The van der Waals surface area contributed by atoms with Crippen LogP contribution in [0.15, 0.2) is 66.7 Å². The lowest BCUT2D eigenvalue weighted by molar-refractivity contribution is -0.136. The zero-order valence-corrected chi connectivity index (χ0v) is 28.5. The average Bonchev–Trinajstić information content (AvgIpc) is 3.56. The van der Waals surface area contributed by atoms with Gasteiger partial charge in [-0.3, -0.25) is 0 Å². The van der Waals surface area contributed by atoms with E-state index in [2.05, 4.69) is 22.9 Å². The summed E-state index contributed by atoms with van der Waals surface area (Å²) in [6.07, 6.45) is -2.30. The largest absolute Gasteiger partial charge is 0.462 e. The van der Waals surface area contributed by atoms with Gasteiger partial charge in [-0.25, -0.2) is 4.79 Å². The molecule has 4 aromatic rings. The lowest BCUT2D eigenvalue weighted by atomic mass is 9.98. The molecule has 0 bridgehead atoms. The van der Waals surface area contributed by atoms with Gasteiger partial charge < -0.3 is 29.1 Å². The Balaban J connectivity index is 1.18. The molecular weight excluding hydrogens is 659 g/mol. The second-order valence-electron chi connectivity index (χ2n) is 13.4. The van der Waals surface area contributed by atoms with Gasteiger partial charge in [0, 0.05) is 48.9 Å². The number of benzene rings is 3. The smallest absolute Gasteiger partial charge is 0.417 e. The first kappa shape index (κ1) is 34.4. The molecule has 4 heterocycles. The number of anilines is 2. The number of hydrogen-bond acceptors (Lipinski definition) is 9. The number of nitrogens with zero attached hydrogens (tertiary/aromatic N) is 7. The van der Waals surface area contributed by atoms with E-state index in [4.69, 9.17) is 19.4 Å². The third kappa shape index (κ3) is 7.37. The van der Waals surface area contributed by atoms with Crippen LogP contribution in [0.3, 0.4) is 0 Å². The lowest BCUT2D eigenvalue weighted by Crippen LogP contribution is -2.55. The van der Waals surface area contributed by atoms with Crippen LogP contribution in [0.2, 0.25) is 0 Å². The van der Waals surface area contributed by atoms with Crippen molar-refractivity contribution in [1.29, 1.82) is 5.26 Å². The summed E-state index contributed by atoms with van der Waals surface area (Å²) in [6, 6.07) is 21.1. The molecule has 51 heavy (non-hydrogen) atoms. The molecule has 2 fully saturated rings. The van der Waals surface area contributed by atoms with Crippen molar-refractivity contribution in [2.45, 2.75) is 57.1 Å². The normalized spacial score (nSPS) is 19.5. The Morgan fingerprint density at radius 2 is 1.76 bits per heavy atom. The molecule has 0 spiro atoms. The molecule has 3 aliphatic rings. The molecule has 10 nitrogen and oxygen atoms in total. The molecule has 266 valence electrons. The minimum atomic E-state index is -4.51. The number of alkyl halides is 3. The molecule has 0 radical (unpaired) electrons. The maximum Gasteiger partial charge on any atom is 0.417 e. The van der Waals surface area contributed by atoms with Gasteiger partial charge in [-0.2, -0.15) is 28.4 Å². The number of ether oxygens (including phenoxy) is 2. The van der Waals surface area contributed by atoms with Gasteiger partial charge >= 0.3 is 18.3 Å². The van der Waals surface area contributed by atoms with Gasteiger partial charge in [0.05, 0.1) is 36.3 Å². The Morgan fingerprint density at radius 1 is 0.961 bits per heavy atom. The Labute approximate surface area is 295 Å². The highest BCUT2D eigenvalue weighted by atomic mass is 19.4. The van der Waals surface area contributed by atoms with Gasteiger partial charge in [0.15, 0.2) is 0 Å².